The van der Waals surface area contributed by atoms with Crippen molar-refractivity contribution >= 4 is 41.8 Å². The fourth-order valence-corrected chi connectivity index (χ4v) is 3.27. The molecule has 1 aromatic heterocycles. The summed E-state index contributed by atoms with van der Waals surface area (Å²) >= 11 is 11.1. The minimum Gasteiger partial charge on any atom is -0.460 e. The highest BCUT2D eigenvalue weighted by Crippen LogP contribution is 2.36. The summed E-state index contributed by atoms with van der Waals surface area (Å²) in [7, 11) is -0.379. The summed E-state index contributed by atoms with van der Waals surface area (Å²) in [6.45, 7) is 13.7. The van der Waals surface area contributed by atoms with Gasteiger partial charge >= 0.3 is 13.1 Å². The second kappa shape index (κ2) is 10.4. The maximum atomic E-state index is 11.9. The van der Waals surface area contributed by atoms with E-state index in [1.165, 1.54) is 12.3 Å². The monoisotopic (exact) mass is 490 g/mol. The highest BCUT2D eigenvalue weighted by Gasteiger charge is 2.51. The van der Waals surface area contributed by atoms with Gasteiger partial charge in [-0.1, -0.05) is 47.5 Å². The fraction of sp³-hybridized carbons (Fsp3) is 0.458. The number of nitriles is 1. The normalized spacial score (nSPS) is 16.4. The minimum absolute atomic E-state index is 0.148. The molecule has 0 saturated carbocycles. The summed E-state index contributed by atoms with van der Waals surface area (Å²) in [5.41, 5.74) is 0.932. The summed E-state index contributed by atoms with van der Waals surface area (Å²) in [5, 5.41) is 8.92. The van der Waals surface area contributed by atoms with Gasteiger partial charge in [-0.15, -0.1) is 0 Å². The average molecular weight is 491 g/mol. The molecule has 0 N–H and O–H groups in total. The van der Waals surface area contributed by atoms with Crippen LogP contribution in [0.25, 0.3) is 0 Å². The molecular weight excluding hydrogens is 462 g/mol. The van der Waals surface area contributed by atoms with Gasteiger partial charge in [0.15, 0.2) is 0 Å². The zero-order valence-corrected chi connectivity index (χ0v) is 21.5. The summed E-state index contributed by atoms with van der Waals surface area (Å²) in [4.78, 5) is 15.5. The highest BCUT2D eigenvalue weighted by atomic mass is 35.5. The third kappa shape index (κ3) is 7.45. The summed E-state index contributed by atoms with van der Waals surface area (Å²) in [5.74, 6) is -0.221. The Balaban J connectivity index is 0.000000321. The maximum absolute atomic E-state index is 11.9. The molecule has 1 aliphatic rings. The molecule has 1 saturated heterocycles. The van der Waals surface area contributed by atoms with Crippen molar-refractivity contribution in [2.45, 2.75) is 71.7 Å². The molecule has 1 aliphatic heterocycles. The third-order valence-electron chi connectivity index (χ3n) is 5.24. The predicted octanol–water partition coefficient (Wildman–Crippen LogP) is 5.13. The number of pyridine rings is 1. The molecule has 2 aromatic rings. The number of halogens is 2. The van der Waals surface area contributed by atoms with Crippen LogP contribution in [0.2, 0.25) is 10.2 Å². The summed E-state index contributed by atoms with van der Waals surface area (Å²) < 4.78 is 17.4. The van der Waals surface area contributed by atoms with Crippen molar-refractivity contribution in [3.8, 4) is 6.07 Å². The second-order valence-electron chi connectivity index (χ2n) is 9.66. The molecule has 0 atom stereocenters. The van der Waals surface area contributed by atoms with Crippen LogP contribution in [0, 0.1) is 11.3 Å². The maximum Gasteiger partial charge on any atom is 0.494 e. The Hall–Kier alpha value is -2.11. The first-order valence-electron chi connectivity index (χ1n) is 10.5. The lowest BCUT2D eigenvalue weighted by atomic mass is 9.79. The Labute approximate surface area is 206 Å². The molecule has 6 nitrogen and oxygen atoms in total. The molecule has 0 aliphatic carbocycles. The van der Waals surface area contributed by atoms with E-state index in [4.69, 9.17) is 42.5 Å². The summed E-state index contributed by atoms with van der Waals surface area (Å²) in [6, 6.07) is 11.1. The lowest BCUT2D eigenvalue weighted by Gasteiger charge is -2.32. The van der Waals surface area contributed by atoms with Crippen molar-refractivity contribution in [2.75, 3.05) is 0 Å². The second-order valence-corrected chi connectivity index (χ2v) is 10.4. The molecule has 9 heteroatoms. The lowest BCUT2D eigenvalue weighted by molar-refractivity contribution is -0.153. The molecule has 1 aromatic carbocycles. The Morgan fingerprint density at radius 3 is 2.06 bits per heavy atom. The molecule has 1 fully saturated rings. The van der Waals surface area contributed by atoms with Crippen molar-refractivity contribution in [1.29, 1.82) is 5.26 Å². The number of ether oxygens (including phenoxy) is 1. The van der Waals surface area contributed by atoms with Gasteiger partial charge in [-0.25, -0.2) is 4.98 Å². The Bertz CT molecular complexity index is 992. The molecule has 2 heterocycles. The molecule has 33 heavy (non-hydrogen) atoms. The molecule has 3 rings (SSSR count). The molecular formula is C24H29BCl2N2O4. The van der Waals surface area contributed by atoms with Gasteiger partial charge in [0.05, 0.1) is 22.6 Å². The molecule has 0 radical (unpaired) electrons. The van der Waals surface area contributed by atoms with Crippen molar-refractivity contribution in [1.82, 2.24) is 4.98 Å². The third-order valence-corrected chi connectivity index (χ3v) is 5.84. The van der Waals surface area contributed by atoms with Crippen LogP contribution in [-0.2, 0) is 25.3 Å². The quantitative estimate of drug-likeness (QED) is 0.337. The number of hydrogen-bond acceptors (Lipinski definition) is 6. The van der Waals surface area contributed by atoms with Crippen molar-refractivity contribution in [2.24, 2.45) is 0 Å². The van der Waals surface area contributed by atoms with Crippen LogP contribution >= 0.6 is 23.2 Å². The zero-order valence-electron chi connectivity index (χ0n) is 20.0. The molecule has 0 unspecified atom stereocenters. The average Bonchev–Trinajstić information content (AvgIpc) is 2.89. The van der Waals surface area contributed by atoms with Crippen LogP contribution in [0.4, 0.5) is 0 Å². The molecule has 0 amide bonds. The number of carbonyl (C=O) groups is 1. The first-order valence-corrected chi connectivity index (χ1v) is 11.3. The van der Waals surface area contributed by atoms with E-state index in [1.807, 2.05) is 78.8 Å². The first-order chi connectivity index (χ1) is 15.1. The first kappa shape index (κ1) is 27.1. The lowest BCUT2D eigenvalue weighted by Crippen LogP contribution is -2.41. The van der Waals surface area contributed by atoms with Crippen LogP contribution in [-0.4, -0.2) is 34.9 Å². The van der Waals surface area contributed by atoms with Crippen LogP contribution in [0.15, 0.2) is 36.5 Å². The molecule has 0 bridgehead atoms. The van der Waals surface area contributed by atoms with Gasteiger partial charge in [-0.3, -0.25) is 4.79 Å². The van der Waals surface area contributed by atoms with Crippen LogP contribution < -0.4 is 5.46 Å². The topological polar surface area (TPSA) is 81.4 Å². The minimum atomic E-state index is -0.459. The standard InChI is InChI=1S/C18H27BO4.C6H2Cl2N2/c1-16(2,3)21-15(20)12-13-8-10-14(11-9-13)19-22-17(4,5)18(6,7)23-19;7-5-1-2-10-6(8)4(5)3-9/h8-11H,12H2,1-7H3;1-2H. The summed E-state index contributed by atoms with van der Waals surface area (Å²) in [6.07, 6.45) is 1.71. The van der Waals surface area contributed by atoms with Gasteiger partial charge in [-0.2, -0.15) is 5.26 Å². The van der Waals surface area contributed by atoms with Gasteiger partial charge in [0, 0.05) is 6.20 Å². The number of benzene rings is 1. The number of aromatic nitrogens is 1. The number of carbonyl (C=O) groups excluding carboxylic acids is 1. The van der Waals surface area contributed by atoms with Gasteiger partial charge in [-0.05, 0) is 65.6 Å². The zero-order chi connectivity index (χ0) is 25.0. The predicted molar refractivity (Wildman–Crippen MR) is 131 cm³/mol. The van der Waals surface area contributed by atoms with E-state index in [0.29, 0.717) is 5.02 Å². The molecule has 176 valence electrons. The number of nitrogens with zero attached hydrogens (tertiary/aromatic N) is 2. The smallest absolute Gasteiger partial charge is 0.460 e. The van der Waals surface area contributed by atoms with E-state index < -0.39 is 5.60 Å². The number of rotatable bonds is 3. The van der Waals surface area contributed by atoms with Crippen molar-refractivity contribution < 1.29 is 18.8 Å². The van der Waals surface area contributed by atoms with Crippen molar-refractivity contribution in [3.63, 3.8) is 0 Å². The van der Waals surface area contributed by atoms with E-state index >= 15 is 0 Å². The van der Waals surface area contributed by atoms with E-state index in [2.05, 4.69) is 4.98 Å². The van der Waals surface area contributed by atoms with Gasteiger partial charge in [0.2, 0.25) is 0 Å². The number of esters is 1. The van der Waals surface area contributed by atoms with Crippen LogP contribution in [0.1, 0.15) is 59.6 Å². The Morgan fingerprint density at radius 2 is 1.64 bits per heavy atom. The van der Waals surface area contributed by atoms with E-state index in [1.54, 1.807) is 0 Å². The Morgan fingerprint density at radius 1 is 1.09 bits per heavy atom. The highest BCUT2D eigenvalue weighted by molar-refractivity contribution is 6.62. The fourth-order valence-electron chi connectivity index (χ4n) is 2.83. The van der Waals surface area contributed by atoms with Crippen molar-refractivity contribution in [3.05, 3.63) is 57.8 Å². The van der Waals surface area contributed by atoms with Crippen LogP contribution in [0.5, 0.6) is 0 Å². The SMILES string of the molecule is CC(C)(C)OC(=O)Cc1ccc(B2OC(C)(C)C(C)(C)O2)cc1.N#Cc1c(Cl)ccnc1Cl. The largest absolute Gasteiger partial charge is 0.494 e. The van der Waals surface area contributed by atoms with E-state index in [0.717, 1.165) is 11.0 Å². The van der Waals surface area contributed by atoms with Gasteiger partial charge in [0.1, 0.15) is 22.4 Å². The number of hydrogen-bond donors (Lipinski definition) is 0. The Kier molecular flexibility index (Phi) is 8.59. The van der Waals surface area contributed by atoms with Gasteiger partial charge in [0.25, 0.3) is 0 Å². The van der Waals surface area contributed by atoms with Crippen LogP contribution in [0.3, 0.4) is 0 Å². The van der Waals surface area contributed by atoms with E-state index in [9.17, 15) is 4.79 Å². The van der Waals surface area contributed by atoms with Gasteiger partial charge < -0.3 is 14.0 Å². The molecule has 0 spiro atoms. The van der Waals surface area contributed by atoms with E-state index in [-0.39, 0.29) is 41.4 Å².